The van der Waals surface area contributed by atoms with Gasteiger partial charge in [0.05, 0.1) is 4.92 Å². The van der Waals surface area contributed by atoms with Crippen LogP contribution in [0.15, 0.2) is 41.8 Å². The van der Waals surface area contributed by atoms with Crippen molar-refractivity contribution in [3.63, 3.8) is 0 Å². The van der Waals surface area contributed by atoms with Crippen molar-refractivity contribution >= 4 is 69.8 Å². The summed E-state index contributed by atoms with van der Waals surface area (Å²) in [6.45, 7) is 0. The number of nitro benzene ring substituents is 1. The standard InChI is InChI=1S/C11H10Cl3N7O2S2/c12-11(13,14)9(17-10(24)18-20-5-15-16-6-20)19-25-8-4-2-1-3-7(8)21(22)23/h1-6,9,19H,(H2,17,18,24)/t9-/m1/s1. The van der Waals surface area contributed by atoms with Crippen molar-refractivity contribution in [2.24, 2.45) is 0 Å². The predicted molar refractivity (Wildman–Crippen MR) is 101 cm³/mol. The van der Waals surface area contributed by atoms with E-state index in [2.05, 4.69) is 25.7 Å². The Balaban J connectivity index is 2.04. The van der Waals surface area contributed by atoms with Crippen LogP contribution < -0.4 is 15.5 Å². The molecule has 0 saturated carbocycles. The van der Waals surface area contributed by atoms with Crippen molar-refractivity contribution < 1.29 is 4.92 Å². The van der Waals surface area contributed by atoms with Gasteiger partial charge in [0, 0.05) is 6.07 Å². The van der Waals surface area contributed by atoms with Crippen LogP contribution in [-0.2, 0) is 0 Å². The zero-order valence-electron chi connectivity index (χ0n) is 12.1. The molecule has 0 aliphatic rings. The van der Waals surface area contributed by atoms with E-state index in [1.807, 2.05) is 0 Å². The third-order valence-corrected chi connectivity index (χ3v) is 4.38. The van der Waals surface area contributed by atoms with Crippen LogP contribution in [-0.4, -0.2) is 34.9 Å². The number of aromatic nitrogens is 3. The molecule has 2 rings (SSSR count). The fourth-order valence-electron chi connectivity index (χ4n) is 1.53. The van der Waals surface area contributed by atoms with Gasteiger partial charge < -0.3 is 5.32 Å². The molecule has 0 aliphatic carbocycles. The van der Waals surface area contributed by atoms with Crippen LogP contribution in [0.2, 0.25) is 0 Å². The van der Waals surface area contributed by atoms with Crippen molar-refractivity contribution in [1.29, 1.82) is 0 Å². The van der Waals surface area contributed by atoms with E-state index in [-0.39, 0.29) is 10.8 Å². The maximum atomic E-state index is 11.0. The third kappa shape index (κ3) is 6.13. The van der Waals surface area contributed by atoms with Gasteiger partial charge in [0.1, 0.15) is 23.7 Å². The third-order valence-electron chi connectivity index (χ3n) is 2.60. The zero-order chi connectivity index (χ0) is 18.4. The van der Waals surface area contributed by atoms with Crippen LogP contribution >= 0.6 is 59.0 Å². The Bertz CT molecular complexity index is 742. The van der Waals surface area contributed by atoms with Crippen LogP contribution in [0.1, 0.15) is 0 Å². The highest BCUT2D eigenvalue weighted by molar-refractivity contribution is 7.97. The largest absolute Gasteiger partial charge is 0.341 e. The molecule has 0 unspecified atom stereocenters. The fraction of sp³-hybridized carbons (Fsp3) is 0.182. The lowest BCUT2D eigenvalue weighted by molar-refractivity contribution is -0.387. The molecular formula is C11H10Cl3N7O2S2. The molecule has 0 saturated heterocycles. The van der Waals surface area contributed by atoms with Crippen molar-refractivity contribution in [2.45, 2.75) is 14.9 Å². The lowest BCUT2D eigenvalue weighted by atomic mass is 10.3. The summed E-state index contributed by atoms with van der Waals surface area (Å²) in [4.78, 5) is 10.9. The summed E-state index contributed by atoms with van der Waals surface area (Å²) in [7, 11) is 0. The quantitative estimate of drug-likeness (QED) is 0.155. The van der Waals surface area contributed by atoms with E-state index in [1.54, 1.807) is 18.2 Å². The minimum atomic E-state index is -1.80. The first-order valence-corrected chi connectivity index (χ1v) is 8.78. The van der Waals surface area contributed by atoms with Crippen molar-refractivity contribution in [2.75, 3.05) is 5.43 Å². The number of benzene rings is 1. The summed E-state index contributed by atoms with van der Waals surface area (Å²) in [6.07, 6.45) is 1.81. The molecule has 1 atom stereocenters. The maximum absolute atomic E-state index is 11.0. The second kappa shape index (κ2) is 8.83. The number of alkyl halides is 3. The summed E-state index contributed by atoms with van der Waals surface area (Å²) in [5.41, 5.74) is 2.66. The molecule has 1 aromatic carbocycles. The van der Waals surface area contributed by atoms with Gasteiger partial charge >= 0.3 is 0 Å². The molecule has 0 spiro atoms. The van der Waals surface area contributed by atoms with Gasteiger partial charge in [0.25, 0.3) is 5.69 Å². The number of nitrogens with one attached hydrogen (secondary N) is 3. The molecule has 3 N–H and O–H groups in total. The second-order valence-corrected chi connectivity index (χ2v) is 8.03. The van der Waals surface area contributed by atoms with Crippen LogP contribution in [0, 0.1) is 10.1 Å². The molecule has 0 aliphatic heterocycles. The molecule has 1 heterocycles. The molecule has 25 heavy (non-hydrogen) atoms. The van der Waals surface area contributed by atoms with E-state index in [0.29, 0.717) is 4.90 Å². The maximum Gasteiger partial charge on any atom is 0.284 e. The topological polar surface area (TPSA) is 110 Å². The average Bonchev–Trinajstić information content (AvgIpc) is 3.03. The number of rotatable bonds is 6. The summed E-state index contributed by atoms with van der Waals surface area (Å²) in [5, 5.41) is 21.1. The highest BCUT2D eigenvalue weighted by Gasteiger charge is 2.34. The van der Waals surface area contributed by atoms with Gasteiger partial charge in [-0.3, -0.25) is 15.5 Å². The molecule has 0 fully saturated rings. The van der Waals surface area contributed by atoms with Gasteiger partial charge in [0.2, 0.25) is 3.79 Å². The molecule has 1 aromatic heterocycles. The number of nitrogens with zero attached hydrogens (tertiary/aromatic N) is 4. The Morgan fingerprint density at radius 1 is 1.32 bits per heavy atom. The van der Waals surface area contributed by atoms with E-state index in [9.17, 15) is 10.1 Å². The van der Waals surface area contributed by atoms with Crippen LogP contribution in [0.3, 0.4) is 0 Å². The normalized spacial score (nSPS) is 12.4. The van der Waals surface area contributed by atoms with E-state index in [0.717, 1.165) is 11.9 Å². The molecule has 9 nitrogen and oxygen atoms in total. The predicted octanol–water partition coefficient (Wildman–Crippen LogP) is 2.60. The lowest BCUT2D eigenvalue weighted by Gasteiger charge is -2.27. The first-order chi connectivity index (χ1) is 11.8. The monoisotopic (exact) mass is 441 g/mol. The first-order valence-electron chi connectivity index (χ1n) is 6.42. The van der Waals surface area contributed by atoms with Crippen LogP contribution in [0.4, 0.5) is 5.69 Å². The Labute approximate surface area is 166 Å². The summed E-state index contributed by atoms with van der Waals surface area (Å²) in [5.74, 6) is 0. The molecular weight excluding hydrogens is 433 g/mol. The Kier molecular flexibility index (Phi) is 7.04. The van der Waals surface area contributed by atoms with Crippen molar-refractivity contribution in [3.8, 4) is 0 Å². The number of hydrogen-bond donors (Lipinski definition) is 3. The summed E-state index contributed by atoms with van der Waals surface area (Å²) < 4.78 is 2.41. The number of hydrogen-bond acceptors (Lipinski definition) is 7. The van der Waals surface area contributed by atoms with Gasteiger partial charge in [-0.25, -0.2) is 9.40 Å². The number of nitro groups is 1. The number of thiocarbonyl (C=S) groups is 1. The SMILES string of the molecule is O=[N+]([O-])c1ccccc1SN[C@@H](NC(=S)Nn1cnnc1)C(Cl)(Cl)Cl. The molecule has 0 amide bonds. The van der Waals surface area contributed by atoms with E-state index >= 15 is 0 Å². The summed E-state index contributed by atoms with van der Waals surface area (Å²) in [6, 6.07) is 6.16. The average molecular weight is 443 g/mol. The van der Waals surface area contributed by atoms with Gasteiger partial charge in [-0.15, -0.1) is 10.2 Å². The zero-order valence-corrected chi connectivity index (χ0v) is 16.0. The highest BCUT2D eigenvalue weighted by atomic mass is 35.6. The Hall–Kier alpha value is -1.37. The Morgan fingerprint density at radius 2 is 1.96 bits per heavy atom. The smallest absolute Gasteiger partial charge is 0.284 e. The fourth-order valence-corrected chi connectivity index (χ4v) is 3.15. The van der Waals surface area contributed by atoms with Crippen molar-refractivity contribution in [3.05, 3.63) is 47.0 Å². The first kappa shape index (κ1) is 19.9. The molecule has 2 aromatic rings. The molecule has 134 valence electrons. The number of halogens is 3. The molecule has 0 radical (unpaired) electrons. The van der Waals surface area contributed by atoms with E-state index < -0.39 is 14.9 Å². The van der Waals surface area contributed by atoms with Crippen LogP contribution in [0.25, 0.3) is 0 Å². The van der Waals surface area contributed by atoms with Gasteiger partial charge in [0.15, 0.2) is 5.11 Å². The van der Waals surface area contributed by atoms with E-state index in [4.69, 9.17) is 47.0 Å². The minimum absolute atomic E-state index is 0.0757. The second-order valence-electron chi connectivity index (χ2n) is 4.37. The number of para-hydroxylation sites is 1. The van der Waals surface area contributed by atoms with Gasteiger partial charge in [-0.1, -0.05) is 46.9 Å². The van der Waals surface area contributed by atoms with Crippen LogP contribution in [0.5, 0.6) is 0 Å². The van der Waals surface area contributed by atoms with Gasteiger partial charge in [-0.05, 0) is 30.2 Å². The minimum Gasteiger partial charge on any atom is -0.341 e. The lowest BCUT2D eigenvalue weighted by Crippen LogP contribution is -2.53. The molecule has 0 bridgehead atoms. The highest BCUT2D eigenvalue weighted by Crippen LogP contribution is 2.33. The Morgan fingerprint density at radius 3 is 2.56 bits per heavy atom. The van der Waals surface area contributed by atoms with Gasteiger partial charge in [-0.2, -0.15) is 0 Å². The molecule has 14 heteroatoms. The van der Waals surface area contributed by atoms with E-state index in [1.165, 1.54) is 23.4 Å². The van der Waals surface area contributed by atoms with Crippen molar-refractivity contribution in [1.82, 2.24) is 24.9 Å². The summed E-state index contributed by atoms with van der Waals surface area (Å²) >= 11 is 23.8.